The number of carbonyl (C=O) groups is 2. The van der Waals surface area contributed by atoms with Crippen molar-refractivity contribution in [2.45, 2.75) is 13.5 Å². The minimum atomic E-state index is -0.746. The van der Waals surface area contributed by atoms with Crippen molar-refractivity contribution >= 4 is 17.5 Å². The van der Waals surface area contributed by atoms with Gasteiger partial charge in [-0.2, -0.15) is 5.10 Å². The van der Waals surface area contributed by atoms with Gasteiger partial charge in [-0.1, -0.05) is 0 Å². The van der Waals surface area contributed by atoms with Gasteiger partial charge in [0.25, 0.3) is 0 Å². The minimum Gasteiger partial charge on any atom is -0.481 e. The molecule has 0 unspecified atom stereocenters. The molecule has 8 nitrogen and oxygen atoms in total. The Morgan fingerprint density at radius 2 is 2.09 bits per heavy atom. The van der Waals surface area contributed by atoms with Crippen molar-refractivity contribution in [1.29, 1.82) is 0 Å². The third-order valence-corrected chi connectivity index (χ3v) is 2.95. The van der Waals surface area contributed by atoms with Gasteiger partial charge in [0.15, 0.2) is 0 Å². The summed E-state index contributed by atoms with van der Waals surface area (Å²) in [4.78, 5) is 27.3. The lowest BCUT2D eigenvalue weighted by atomic mass is 10.4. The van der Waals surface area contributed by atoms with E-state index in [0.29, 0.717) is 24.7 Å². The number of aryl methyl sites for hydroxylation is 1. The molecule has 0 radical (unpaired) electrons. The van der Waals surface area contributed by atoms with E-state index in [4.69, 9.17) is 4.74 Å². The SMILES string of the molecule is COc1ccc(NC(=O)C(=O)NCCn2nccc2C)cn1. The lowest BCUT2D eigenvalue weighted by molar-refractivity contribution is -0.136. The molecule has 0 atom stereocenters. The summed E-state index contributed by atoms with van der Waals surface area (Å²) >= 11 is 0. The molecule has 0 aliphatic carbocycles. The lowest BCUT2D eigenvalue weighted by Crippen LogP contribution is -2.37. The molecule has 0 saturated heterocycles. The Morgan fingerprint density at radius 1 is 1.27 bits per heavy atom. The van der Waals surface area contributed by atoms with Crippen LogP contribution in [-0.2, 0) is 16.1 Å². The van der Waals surface area contributed by atoms with Gasteiger partial charge < -0.3 is 15.4 Å². The first kappa shape index (κ1) is 15.5. The van der Waals surface area contributed by atoms with Gasteiger partial charge in [0.05, 0.1) is 25.5 Å². The molecule has 2 rings (SSSR count). The van der Waals surface area contributed by atoms with Crippen molar-refractivity contribution in [2.24, 2.45) is 0 Å². The maximum Gasteiger partial charge on any atom is 0.313 e. The van der Waals surface area contributed by atoms with Crippen LogP contribution in [0.2, 0.25) is 0 Å². The summed E-state index contributed by atoms with van der Waals surface area (Å²) in [6.07, 6.45) is 3.09. The molecule has 22 heavy (non-hydrogen) atoms. The number of pyridine rings is 1. The highest BCUT2D eigenvalue weighted by atomic mass is 16.5. The van der Waals surface area contributed by atoms with Crippen LogP contribution in [0.3, 0.4) is 0 Å². The van der Waals surface area contributed by atoms with Crippen LogP contribution in [0, 0.1) is 6.92 Å². The lowest BCUT2D eigenvalue weighted by Gasteiger charge is -2.07. The number of amides is 2. The second-order valence-corrected chi connectivity index (χ2v) is 4.49. The zero-order valence-corrected chi connectivity index (χ0v) is 12.4. The molecule has 0 saturated carbocycles. The molecule has 0 aliphatic heterocycles. The van der Waals surface area contributed by atoms with Crippen molar-refractivity contribution in [3.8, 4) is 5.88 Å². The maximum absolute atomic E-state index is 11.7. The van der Waals surface area contributed by atoms with Gasteiger partial charge in [0.1, 0.15) is 0 Å². The highest BCUT2D eigenvalue weighted by Crippen LogP contribution is 2.10. The van der Waals surface area contributed by atoms with Gasteiger partial charge in [-0.3, -0.25) is 14.3 Å². The number of anilines is 1. The van der Waals surface area contributed by atoms with E-state index in [9.17, 15) is 9.59 Å². The Kier molecular flexibility index (Phi) is 5.07. The molecule has 8 heteroatoms. The first-order valence-corrected chi connectivity index (χ1v) is 6.68. The molecule has 2 heterocycles. The summed E-state index contributed by atoms with van der Waals surface area (Å²) in [5.41, 5.74) is 1.41. The highest BCUT2D eigenvalue weighted by Gasteiger charge is 2.13. The first-order valence-electron chi connectivity index (χ1n) is 6.68. The summed E-state index contributed by atoms with van der Waals surface area (Å²) in [5, 5.41) is 9.08. The van der Waals surface area contributed by atoms with E-state index in [1.54, 1.807) is 23.0 Å². The van der Waals surface area contributed by atoms with E-state index in [1.165, 1.54) is 13.3 Å². The van der Waals surface area contributed by atoms with Crippen LogP contribution >= 0.6 is 0 Å². The van der Waals surface area contributed by atoms with Crippen molar-refractivity contribution < 1.29 is 14.3 Å². The monoisotopic (exact) mass is 303 g/mol. The number of ether oxygens (including phenoxy) is 1. The van der Waals surface area contributed by atoms with E-state index < -0.39 is 11.8 Å². The second kappa shape index (κ2) is 7.21. The van der Waals surface area contributed by atoms with Crippen LogP contribution in [0.1, 0.15) is 5.69 Å². The van der Waals surface area contributed by atoms with E-state index in [-0.39, 0.29) is 0 Å². The molecule has 2 aromatic heterocycles. The van der Waals surface area contributed by atoms with Gasteiger partial charge in [0.2, 0.25) is 5.88 Å². The molecule has 0 spiro atoms. The number of aromatic nitrogens is 3. The Hall–Kier alpha value is -2.90. The molecule has 0 fully saturated rings. The minimum absolute atomic E-state index is 0.315. The fourth-order valence-electron chi connectivity index (χ4n) is 1.75. The molecule has 2 N–H and O–H groups in total. The average molecular weight is 303 g/mol. The molecule has 116 valence electrons. The summed E-state index contributed by atoms with van der Waals surface area (Å²) in [6, 6.07) is 5.06. The van der Waals surface area contributed by atoms with Crippen LogP contribution in [0.15, 0.2) is 30.6 Å². The molecule has 2 amide bonds. The molecular formula is C14H17N5O3. The number of nitrogens with zero attached hydrogens (tertiary/aromatic N) is 3. The van der Waals surface area contributed by atoms with Crippen molar-refractivity contribution in [3.05, 3.63) is 36.3 Å². The van der Waals surface area contributed by atoms with Crippen LogP contribution in [0.25, 0.3) is 0 Å². The number of nitrogens with one attached hydrogen (secondary N) is 2. The summed E-state index contributed by atoms with van der Waals surface area (Å²) < 4.78 is 6.65. The molecule has 0 aliphatic rings. The van der Waals surface area contributed by atoms with Gasteiger partial charge in [-0.05, 0) is 19.1 Å². The number of carbonyl (C=O) groups excluding carboxylic acids is 2. The predicted molar refractivity (Wildman–Crippen MR) is 79.4 cm³/mol. The predicted octanol–water partition coefficient (Wildman–Crippen LogP) is 0.350. The molecule has 0 bridgehead atoms. The highest BCUT2D eigenvalue weighted by molar-refractivity contribution is 6.39. The number of hydrogen-bond acceptors (Lipinski definition) is 5. The van der Waals surface area contributed by atoms with E-state index in [1.807, 2.05) is 13.0 Å². The zero-order chi connectivity index (χ0) is 15.9. The maximum atomic E-state index is 11.7. The van der Waals surface area contributed by atoms with Crippen molar-refractivity contribution in [2.75, 3.05) is 19.0 Å². The standard InChI is InChI=1S/C14H17N5O3/c1-10-5-6-17-19(10)8-7-15-13(20)14(21)18-11-3-4-12(22-2)16-9-11/h3-6,9H,7-8H2,1-2H3,(H,15,20)(H,18,21). The van der Waals surface area contributed by atoms with Crippen LogP contribution in [0.4, 0.5) is 5.69 Å². The topological polar surface area (TPSA) is 98.1 Å². The largest absolute Gasteiger partial charge is 0.481 e. The van der Waals surface area contributed by atoms with Gasteiger partial charge in [0, 0.05) is 24.5 Å². The number of hydrogen-bond donors (Lipinski definition) is 2. The van der Waals surface area contributed by atoms with Crippen LogP contribution in [-0.4, -0.2) is 40.2 Å². The summed E-state index contributed by atoms with van der Waals surface area (Å²) in [5.74, 6) is -1.03. The summed E-state index contributed by atoms with van der Waals surface area (Å²) in [6.45, 7) is 2.73. The zero-order valence-electron chi connectivity index (χ0n) is 12.4. The number of rotatable bonds is 5. The van der Waals surface area contributed by atoms with Crippen molar-refractivity contribution in [1.82, 2.24) is 20.1 Å². The first-order chi connectivity index (χ1) is 10.6. The van der Waals surface area contributed by atoms with Crippen molar-refractivity contribution in [3.63, 3.8) is 0 Å². The Labute approximate surface area is 127 Å². The van der Waals surface area contributed by atoms with E-state index >= 15 is 0 Å². The van der Waals surface area contributed by atoms with Crippen LogP contribution in [0.5, 0.6) is 5.88 Å². The quantitative estimate of drug-likeness (QED) is 0.777. The van der Waals surface area contributed by atoms with Crippen LogP contribution < -0.4 is 15.4 Å². The van der Waals surface area contributed by atoms with Gasteiger partial charge in [-0.25, -0.2) is 4.98 Å². The van der Waals surface area contributed by atoms with Gasteiger partial charge >= 0.3 is 11.8 Å². The third-order valence-electron chi connectivity index (χ3n) is 2.95. The Morgan fingerprint density at radius 3 is 2.68 bits per heavy atom. The molecule has 2 aromatic rings. The third kappa shape index (κ3) is 4.05. The fraction of sp³-hybridized carbons (Fsp3) is 0.286. The number of methoxy groups -OCH3 is 1. The smallest absolute Gasteiger partial charge is 0.313 e. The molecular weight excluding hydrogens is 286 g/mol. The second-order valence-electron chi connectivity index (χ2n) is 4.49. The Balaban J connectivity index is 1.79. The van der Waals surface area contributed by atoms with E-state index in [0.717, 1.165) is 5.69 Å². The van der Waals surface area contributed by atoms with Gasteiger partial charge in [-0.15, -0.1) is 0 Å². The summed E-state index contributed by atoms with van der Waals surface area (Å²) in [7, 11) is 1.50. The molecule has 0 aromatic carbocycles. The van der Waals surface area contributed by atoms with E-state index in [2.05, 4.69) is 20.7 Å². The fourth-order valence-corrected chi connectivity index (χ4v) is 1.75. The normalized spacial score (nSPS) is 10.1. The average Bonchev–Trinajstić information content (AvgIpc) is 2.93. The Bertz CT molecular complexity index is 651.